The third kappa shape index (κ3) is 9.08. The Kier molecular flexibility index (Phi) is 11.6. The molecule has 1 aliphatic rings. The summed E-state index contributed by atoms with van der Waals surface area (Å²) < 4.78 is 0. The minimum absolute atomic E-state index is 0.0155. The fourth-order valence-corrected chi connectivity index (χ4v) is 5.56. The van der Waals surface area contributed by atoms with Crippen molar-refractivity contribution in [1.82, 2.24) is 15.5 Å². The van der Waals surface area contributed by atoms with E-state index in [2.05, 4.69) is 88.4 Å². The number of nitrogens with zero attached hydrogens (tertiary/aromatic N) is 1. The Hall–Kier alpha value is -3.84. The second-order valence-corrected chi connectivity index (χ2v) is 10.9. The minimum atomic E-state index is -0.348. The molecule has 1 fully saturated rings. The van der Waals surface area contributed by atoms with Crippen LogP contribution in [-0.4, -0.2) is 48.1 Å². The number of carbonyl (C=O) groups is 2. The van der Waals surface area contributed by atoms with Crippen molar-refractivity contribution in [3.05, 3.63) is 95.6 Å². The maximum absolute atomic E-state index is 13.1. The molecular formula is C34H44N4O3. The number of hydrogen-bond acceptors (Lipinski definition) is 4. The van der Waals surface area contributed by atoms with Gasteiger partial charge in [0.15, 0.2) is 0 Å². The molecule has 3 aromatic rings. The molecule has 1 heterocycles. The molecule has 0 saturated carbocycles. The van der Waals surface area contributed by atoms with Gasteiger partial charge in [0.05, 0.1) is 17.3 Å². The van der Waals surface area contributed by atoms with Crippen LogP contribution in [0.3, 0.4) is 0 Å². The van der Waals surface area contributed by atoms with Crippen LogP contribution in [0.4, 0.5) is 10.5 Å². The number of carbonyl (C=O) groups excluding carboxylic acids is 2. The number of phenolic OH excluding ortho intramolecular Hbond substituents is 1. The average Bonchev–Trinajstić information content (AvgIpc) is 3.00. The van der Waals surface area contributed by atoms with Gasteiger partial charge in [0.1, 0.15) is 5.75 Å². The topological polar surface area (TPSA) is 93.7 Å². The summed E-state index contributed by atoms with van der Waals surface area (Å²) >= 11 is 0. The Labute approximate surface area is 244 Å². The van der Waals surface area contributed by atoms with Crippen LogP contribution in [0.1, 0.15) is 79.4 Å². The highest BCUT2D eigenvalue weighted by Crippen LogP contribution is 2.32. The number of likely N-dealkylation sites (tertiary alicyclic amines) is 1. The Morgan fingerprint density at radius 2 is 1.49 bits per heavy atom. The van der Waals surface area contributed by atoms with Crippen molar-refractivity contribution in [3.8, 4) is 5.75 Å². The number of benzene rings is 3. The quantitative estimate of drug-likeness (QED) is 0.139. The molecule has 7 nitrogen and oxygen atoms in total. The van der Waals surface area contributed by atoms with Crippen molar-refractivity contribution in [2.24, 2.45) is 5.92 Å². The van der Waals surface area contributed by atoms with Gasteiger partial charge in [0.25, 0.3) is 5.91 Å². The summed E-state index contributed by atoms with van der Waals surface area (Å²) in [6, 6.07) is 25.6. The molecule has 4 N–H and O–H groups in total. The standard InChI is InChI=1S/C34H44N4O3/c1-2-3-4-5-12-21-35-34(41)37-31-18-17-29(39)24-30(31)33(40)36-25-26-19-22-38(23-20-26)32(27-13-8-6-9-14-27)28-15-10-7-11-16-28/h6-11,13-18,24,26,32,39H,2-5,12,19-23,25H2,1H3,(H,36,40)(H2,35,37,41). The SMILES string of the molecule is CCCCCCCNC(=O)Nc1ccc(O)cc1C(=O)NCC1CCN(C(c2ccccc2)c2ccccc2)CC1. The molecule has 1 aliphatic heterocycles. The van der Waals surface area contributed by atoms with E-state index in [0.717, 1.165) is 38.8 Å². The number of unbranched alkanes of at least 4 members (excludes halogenated alkanes) is 4. The van der Waals surface area contributed by atoms with E-state index < -0.39 is 0 Å². The zero-order chi connectivity index (χ0) is 28.9. The fraction of sp³-hybridized carbons (Fsp3) is 0.412. The molecule has 4 rings (SSSR count). The summed E-state index contributed by atoms with van der Waals surface area (Å²) in [6.07, 6.45) is 7.51. The van der Waals surface area contributed by atoms with E-state index in [1.54, 1.807) is 6.07 Å². The number of amides is 3. The molecule has 0 bridgehead atoms. The first-order chi connectivity index (χ1) is 20.0. The monoisotopic (exact) mass is 556 g/mol. The molecule has 0 atom stereocenters. The van der Waals surface area contributed by atoms with Gasteiger partial charge >= 0.3 is 6.03 Å². The van der Waals surface area contributed by atoms with Gasteiger partial charge < -0.3 is 21.1 Å². The Morgan fingerprint density at radius 3 is 2.12 bits per heavy atom. The fourth-order valence-electron chi connectivity index (χ4n) is 5.56. The number of hydrogen-bond donors (Lipinski definition) is 4. The lowest BCUT2D eigenvalue weighted by atomic mass is 9.91. The molecule has 0 spiro atoms. The third-order valence-corrected chi connectivity index (χ3v) is 7.86. The first-order valence-corrected chi connectivity index (χ1v) is 15.0. The van der Waals surface area contributed by atoms with Crippen LogP contribution >= 0.6 is 0 Å². The summed E-state index contributed by atoms with van der Waals surface area (Å²) in [6.45, 7) is 5.18. The van der Waals surface area contributed by atoms with Crippen molar-refractivity contribution in [2.45, 2.75) is 57.9 Å². The summed E-state index contributed by atoms with van der Waals surface area (Å²) in [5, 5.41) is 18.7. The number of phenols is 1. The third-order valence-electron chi connectivity index (χ3n) is 7.86. The van der Waals surface area contributed by atoms with E-state index in [-0.39, 0.29) is 29.3 Å². The normalized spacial score (nSPS) is 14.1. The molecular weight excluding hydrogens is 512 g/mol. The van der Waals surface area contributed by atoms with Crippen LogP contribution in [-0.2, 0) is 0 Å². The van der Waals surface area contributed by atoms with Gasteiger partial charge in [-0.25, -0.2) is 4.79 Å². The number of aromatic hydroxyl groups is 1. The van der Waals surface area contributed by atoms with Crippen molar-refractivity contribution < 1.29 is 14.7 Å². The lowest BCUT2D eigenvalue weighted by Gasteiger charge is -2.38. The smallest absolute Gasteiger partial charge is 0.319 e. The largest absolute Gasteiger partial charge is 0.508 e. The maximum Gasteiger partial charge on any atom is 0.319 e. The van der Waals surface area contributed by atoms with Crippen LogP contribution < -0.4 is 16.0 Å². The van der Waals surface area contributed by atoms with Crippen LogP contribution in [0.5, 0.6) is 5.75 Å². The van der Waals surface area contributed by atoms with Gasteiger partial charge in [-0.3, -0.25) is 9.69 Å². The molecule has 1 saturated heterocycles. The van der Waals surface area contributed by atoms with Gasteiger partial charge in [-0.15, -0.1) is 0 Å². The highest BCUT2D eigenvalue weighted by atomic mass is 16.3. The second-order valence-electron chi connectivity index (χ2n) is 10.9. The van der Waals surface area contributed by atoms with Crippen LogP contribution in [0.25, 0.3) is 0 Å². The zero-order valence-corrected chi connectivity index (χ0v) is 24.1. The predicted molar refractivity (Wildman–Crippen MR) is 165 cm³/mol. The van der Waals surface area contributed by atoms with E-state index >= 15 is 0 Å². The molecule has 3 aromatic carbocycles. The highest BCUT2D eigenvalue weighted by molar-refractivity contribution is 6.03. The van der Waals surface area contributed by atoms with Crippen LogP contribution in [0.15, 0.2) is 78.9 Å². The number of anilines is 1. The van der Waals surface area contributed by atoms with E-state index in [0.29, 0.717) is 24.7 Å². The summed E-state index contributed by atoms with van der Waals surface area (Å²) in [7, 11) is 0. The highest BCUT2D eigenvalue weighted by Gasteiger charge is 2.27. The van der Waals surface area contributed by atoms with E-state index in [9.17, 15) is 14.7 Å². The van der Waals surface area contributed by atoms with Crippen molar-refractivity contribution in [1.29, 1.82) is 0 Å². The van der Waals surface area contributed by atoms with Gasteiger partial charge in [-0.1, -0.05) is 93.3 Å². The lowest BCUT2D eigenvalue weighted by Crippen LogP contribution is -2.40. The molecule has 218 valence electrons. The molecule has 0 radical (unpaired) electrons. The molecule has 0 aliphatic carbocycles. The first kappa shape index (κ1) is 30.1. The molecule has 3 amide bonds. The van der Waals surface area contributed by atoms with E-state index in [1.165, 1.54) is 42.5 Å². The first-order valence-electron chi connectivity index (χ1n) is 15.0. The molecule has 7 heteroatoms. The predicted octanol–water partition coefficient (Wildman–Crippen LogP) is 6.72. The number of piperidine rings is 1. The summed E-state index contributed by atoms with van der Waals surface area (Å²) in [5.41, 5.74) is 3.21. The average molecular weight is 557 g/mol. The molecule has 0 unspecified atom stereocenters. The number of rotatable bonds is 13. The lowest BCUT2D eigenvalue weighted by molar-refractivity contribution is 0.0931. The maximum atomic E-state index is 13.1. The van der Waals surface area contributed by atoms with Gasteiger partial charge in [-0.05, 0) is 67.6 Å². The van der Waals surface area contributed by atoms with Crippen molar-refractivity contribution >= 4 is 17.6 Å². The summed E-state index contributed by atoms with van der Waals surface area (Å²) in [4.78, 5) is 28.1. The van der Waals surface area contributed by atoms with Gasteiger partial charge in [0, 0.05) is 13.1 Å². The minimum Gasteiger partial charge on any atom is -0.508 e. The second kappa shape index (κ2) is 15.8. The van der Waals surface area contributed by atoms with Crippen LogP contribution in [0, 0.1) is 5.92 Å². The van der Waals surface area contributed by atoms with Crippen molar-refractivity contribution in [3.63, 3.8) is 0 Å². The Morgan fingerprint density at radius 1 is 0.854 bits per heavy atom. The Bertz CT molecular complexity index is 1190. The number of urea groups is 1. The van der Waals surface area contributed by atoms with E-state index in [4.69, 9.17) is 0 Å². The van der Waals surface area contributed by atoms with Crippen LogP contribution in [0.2, 0.25) is 0 Å². The van der Waals surface area contributed by atoms with E-state index in [1.807, 2.05) is 0 Å². The molecule has 41 heavy (non-hydrogen) atoms. The molecule has 0 aromatic heterocycles. The Balaban J connectivity index is 1.29. The number of nitrogens with one attached hydrogen (secondary N) is 3. The summed E-state index contributed by atoms with van der Waals surface area (Å²) in [5.74, 6) is 0.0370. The van der Waals surface area contributed by atoms with Crippen molar-refractivity contribution in [2.75, 3.05) is 31.5 Å². The zero-order valence-electron chi connectivity index (χ0n) is 24.1. The van der Waals surface area contributed by atoms with Gasteiger partial charge in [0.2, 0.25) is 0 Å². The van der Waals surface area contributed by atoms with Gasteiger partial charge in [-0.2, -0.15) is 0 Å².